The summed E-state index contributed by atoms with van der Waals surface area (Å²) in [5.41, 5.74) is 3.53. The van der Waals surface area contributed by atoms with E-state index in [-0.39, 0.29) is 18.0 Å². The first-order valence-electron chi connectivity index (χ1n) is 9.77. The van der Waals surface area contributed by atoms with Crippen LogP contribution in [0.25, 0.3) is 0 Å². The molecule has 2 atom stereocenters. The molecule has 1 heterocycles. The number of aliphatic imine (C=N–C) groups is 1. The number of rotatable bonds is 5. The van der Waals surface area contributed by atoms with Gasteiger partial charge in [0.05, 0.1) is 14.2 Å². The molecule has 0 fully saturated rings. The van der Waals surface area contributed by atoms with Crippen LogP contribution in [0.1, 0.15) is 35.3 Å². The van der Waals surface area contributed by atoms with Crippen LogP contribution in [0.3, 0.4) is 0 Å². The zero-order valence-corrected chi connectivity index (χ0v) is 19.4. The van der Waals surface area contributed by atoms with Gasteiger partial charge in [0.1, 0.15) is 23.4 Å². The van der Waals surface area contributed by atoms with Gasteiger partial charge >= 0.3 is 0 Å². The molecule has 5 nitrogen and oxygen atoms in total. The number of methoxy groups -OCH3 is 2. The van der Waals surface area contributed by atoms with Gasteiger partial charge in [0.2, 0.25) is 0 Å². The summed E-state index contributed by atoms with van der Waals surface area (Å²) >= 11 is 9.78. The van der Waals surface area contributed by atoms with Crippen LogP contribution in [0, 0.1) is 0 Å². The molecule has 0 aromatic heterocycles. The van der Waals surface area contributed by atoms with E-state index in [1.807, 2.05) is 42.5 Å². The highest BCUT2D eigenvalue weighted by atomic mass is 79.9. The fourth-order valence-corrected chi connectivity index (χ4v) is 4.31. The van der Waals surface area contributed by atoms with Gasteiger partial charge in [0, 0.05) is 38.8 Å². The highest BCUT2D eigenvalue weighted by molar-refractivity contribution is 9.10. The molecule has 4 rings (SSSR count). The monoisotopic (exact) mass is 500 g/mol. The van der Waals surface area contributed by atoms with Crippen molar-refractivity contribution in [3.8, 4) is 17.2 Å². The van der Waals surface area contributed by atoms with E-state index >= 15 is 0 Å². The van der Waals surface area contributed by atoms with Gasteiger partial charge in [0.25, 0.3) is 0 Å². The van der Waals surface area contributed by atoms with E-state index in [0.29, 0.717) is 11.4 Å². The lowest BCUT2D eigenvalue weighted by atomic mass is 9.93. The summed E-state index contributed by atoms with van der Waals surface area (Å²) in [6.45, 7) is 0. The van der Waals surface area contributed by atoms with Crippen molar-refractivity contribution in [2.24, 2.45) is 4.99 Å². The van der Waals surface area contributed by atoms with Crippen LogP contribution in [0.15, 0.2) is 70.1 Å². The van der Waals surface area contributed by atoms with Crippen molar-refractivity contribution in [2.45, 2.75) is 18.6 Å². The third-order valence-electron chi connectivity index (χ3n) is 5.32. The van der Waals surface area contributed by atoms with Crippen molar-refractivity contribution in [1.82, 2.24) is 5.32 Å². The Morgan fingerprint density at radius 1 is 1.00 bits per heavy atom. The summed E-state index contributed by atoms with van der Waals surface area (Å²) in [6.07, 6.45) is 0.217. The molecule has 1 aliphatic heterocycles. The van der Waals surface area contributed by atoms with E-state index in [9.17, 15) is 5.11 Å². The minimum absolute atomic E-state index is 0.192. The smallest absolute Gasteiger partial charge is 0.130 e. The number of nitrogens with zero attached hydrogens (tertiary/aromatic N) is 1. The first kappa shape index (κ1) is 21.7. The molecule has 31 heavy (non-hydrogen) atoms. The Hall–Kier alpha value is -2.54. The van der Waals surface area contributed by atoms with Crippen molar-refractivity contribution < 1.29 is 14.6 Å². The topological polar surface area (TPSA) is 63.1 Å². The molecule has 0 saturated heterocycles. The first-order valence-corrected chi connectivity index (χ1v) is 10.9. The Balaban J connectivity index is 1.80. The van der Waals surface area contributed by atoms with Crippen molar-refractivity contribution in [2.75, 3.05) is 14.2 Å². The summed E-state index contributed by atoms with van der Waals surface area (Å²) in [5.74, 6) is 1.71. The second-order valence-electron chi connectivity index (χ2n) is 7.22. The van der Waals surface area contributed by atoms with Gasteiger partial charge in [0.15, 0.2) is 0 Å². The average Bonchev–Trinajstić information content (AvgIpc) is 2.80. The summed E-state index contributed by atoms with van der Waals surface area (Å²) in [4.78, 5) is 5.00. The molecule has 0 bridgehead atoms. The van der Waals surface area contributed by atoms with E-state index in [4.69, 9.17) is 26.1 Å². The van der Waals surface area contributed by atoms with Crippen LogP contribution in [0.5, 0.6) is 17.2 Å². The van der Waals surface area contributed by atoms with Crippen LogP contribution in [-0.2, 0) is 0 Å². The molecule has 7 heteroatoms. The van der Waals surface area contributed by atoms with Gasteiger partial charge in [-0.25, -0.2) is 0 Å². The lowest BCUT2D eigenvalue weighted by molar-refractivity contribution is 0.381. The maximum absolute atomic E-state index is 10.5. The molecule has 0 radical (unpaired) electrons. The quantitative estimate of drug-likeness (QED) is 0.447. The fraction of sp³-hybridized carbons (Fsp3) is 0.208. The minimum atomic E-state index is -0.373. The number of aromatic hydroxyl groups is 1. The number of benzene rings is 3. The third-order valence-corrected chi connectivity index (χ3v) is 6.04. The largest absolute Gasteiger partial charge is 0.508 e. The molecular weight excluding hydrogens is 480 g/mol. The van der Waals surface area contributed by atoms with Gasteiger partial charge in [-0.05, 0) is 66.2 Å². The van der Waals surface area contributed by atoms with E-state index in [2.05, 4.69) is 21.2 Å². The number of hydrogen-bond acceptors (Lipinski definition) is 5. The third kappa shape index (κ3) is 4.71. The van der Waals surface area contributed by atoms with Crippen LogP contribution < -0.4 is 14.8 Å². The van der Waals surface area contributed by atoms with Gasteiger partial charge in [-0.3, -0.25) is 10.3 Å². The second-order valence-corrected chi connectivity index (χ2v) is 8.57. The lowest BCUT2D eigenvalue weighted by Crippen LogP contribution is -2.33. The van der Waals surface area contributed by atoms with Gasteiger partial charge < -0.3 is 14.6 Å². The number of phenolic OH excluding ortho intramolecular Hbond substituents is 1. The maximum Gasteiger partial charge on any atom is 0.130 e. The van der Waals surface area contributed by atoms with Gasteiger partial charge in [-0.1, -0.05) is 27.5 Å². The highest BCUT2D eigenvalue weighted by Gasteiger charge is 2.29. The molecule has 160 valence electrons. The van der Waals surface area contributed by atoms with Crippen molar-refractivity contribution >= 4 is 33.2 Å². The molecule has 2 N–H and O–H groups in total. The molecule has 3 aromatic rings. The van der Waals surface area contributed by atoms with Crippen LogP contribution in [0.4, 0.5) is 0 Å². The molecule has 0 spiro atoms. The second kappa shape index (κ2) is 9.30. The number of ether oxygens (including phenoxy) is 2. The molecule has 0 unspecified atom stereocenters. The number of nitrogens with one attached hydrogen (secondary N) is 1. The predicted octanol–water partition coefficient (Wildman–Crippen LogP) is 6.05. The number of phenols is 1. The Bertz CT molecular complexity index is 1120. The molecule has 0 amide bonds. The van der Waals surface area contributed by atoms with Crippen molar-refractivity contribution in [3.05, 3.63) is 86.8 Å². The first-order chi connectivity index (χ1) is 15.0. The molecule has 1 aliphatic rings. The normalized spacial score (nSPS) is 18.4. The van der Waals surface area contributed by atoms with Crippen molar-refractivity contribution in [1.29, 1.82) is 0 Å². The van der Waals surface area contributed by atoms with Gasteiger partial charge in [-0.2, -0.15) is 0 Å². The average molecular weight is 502 g/mol. The van der Waals surface area contributed by atoms with Crippen LogP contribution in [-0.4, -0.2) is 25.0 Å². The summed E-state index contributed by atoms with van der Waals surface area (Å²) in [5, 5.41) is 14.6. The predicted molar refractivity (Wildman–Crippen MR) is 127 cm³/mol. The SMILES string of the molecule is COc1ccc(C2=N[C@@H](c3cc(Br)ccc3OC)N[C@@H](c3cc(Cl)ccc3O)C2)cc1. The Morgan fingerprint density at radius 3 is 2.48 bits per heavy atom. The van der Waals surface area contributed by atoms with E-state index in [0.717, 1.165) is 38.4 Å². The zero-order chi connectivity index (χ0) is 22.0. The van der Waals surface area contributed by atoms with Crippen LogP contribution >= 0.6 is 27.5 Å². The molecule has 3 aromatic carbocycles. The van der Waals surface area contributed by atoms with Gasteiger partial charge in [-0.15, -0.1) is 0 Å². The molecular formula is C24H22BrClN2O3. The van der Waals surface area contributed by atoms with E-state index in [1.165, 1.54) is 0 Å². The maximum atomic E-state index is 10.5. The Morgan fingerprint density at radius 2 is 1.77 bits per heavy atom. The van der Waals surface area contributed by atoms with Crippen LogP contribution in [0.2, 0.25) is 5.02 Å². The highest BCUT2D eigenvalue weighted by Crippen LogP contribution is 2.38. The standard InChI is InChI=1S/C24H22BrClN2O3/c1-30-17-7-3-14(4-8-17)20-13-21(18-12-16(26)6-9-22(18)29)28-24(27-20)19-11-15(25)5-10-23(19)31-2/h3-12,21,24,28-29H,13H2,1-2H3/t21-,24-/m1/s1. The number of halogens is 2. The zero-order valence-electron chi connectivity index (χ0n) is 17.1. The summed E-state index contributed by atoms with van der Waals surface area (Å²) in [6, 6.07) is 18.5. The van der Waals surface area contributed by atoms with Crippen molar-refractivity contribution in [3.63, 3.8) is 0 Å². The number of hydrogen-bond donors (Lipinski definition) is 2. The van der Waals surface area contributed by atoms with E-state index in [1.54, 1.807) is 32.4 Å². The minimum Gasteiger partial charge on any atom is -0.508 e. The lowest BCUT2D eigenvalue weighted by Gasteiger charge is -2.31. The fourth-order valence-electron chi connectivity index (χ4n) is 3.75. The molecule has 0 saturated carbocycles. The Labute approximate surface area is 194 Å². The summed E-state index contributed by atoms with van der Waals surface area (Å²) < 4.78 is 11.8. The van der Waals surface area contributed by atoms with E-state index < -0.39 is 0 Å². The summed E-state index contributed by atoms with van der Waals surface area (Å²) in [7, 11) is 3.29. The molecule has 0 aliphatic carbocycles. The Kier molecular flexibility index (Phi) is 6.51.